The molecule has 3 heteroatoms. The molecule has 1 heterocycles. The van der Waals surface area contributed by atoms with Gasteiger partial charge >= 0.3 is 0 Å². The lowest BCUT2D eigenvalue weighted by Gasteiger charge is -2.34. The number of hydrogen-bond acceptors (Lipinski definition) is 1. The van der Waals surface area contributed by atoms with Crippen molar-refractivity contribution in [3.05, 3.63) is 69.4 Å². The Labute approximate surface area is 133 Å². The van der Waals surface area contributed by atoms with Gasteiger partial charge in [-0.05, 0) is 66.8 Å². The lowest BCUT2D eigenvalue weighted by atomic mass is 9.76. The molecule has 1 nitrogen and oxygen atoms in total. The summed E-state index contributed by atoms with van der Waals surface area (Å²) in [6, 6.07) is 13.8. The molecule has 21 heavy (non-hydrogen) atoms. The van der Waals surface area contributed by atoms with Crippen molar-refractivity contribution >= 4 is 15.9 Å². The number of hydrogen-bond donors (Lipinski definition) is 1. The van der Waals surface area contributed by atoms with Crippen LogP contribution in [0.5, 0.6) is 0 Å². The minimum Gasteiger partial charge on any atom is -0.316 e. The molecule has 0 radical (unpaired) electrons. The molecule has 0 aromatic heterocycles. The molecule has 1 saturated heterocycles. The van der Waals surface area contributed by atoms with Gasteiger partial charge in [-0.25, -0.2) is 4.39 Å². The van der Waals surface area contributed by atoms with Gasteiger partial charge in [0.25, 0.3) is 0 Å². The Hall–Kier alpha value is -1.19. The molecule has 2 aromatic carbocycles. The van der Waals surface area contributed by atoms with Gasteiger partial charge in [-0.3, -0.25) is 0 Å². The Balaban J connectivity index is 1.96. The van der Waals surface area contributed by atoms with E-state index in [0.29, 0.717) is 11.8 Å². The van der Waals surface area contributed by atoms with Gasteiger partial charge in [-0.15, -0.1) is 0 Å². The van der Waals surface area contributed by atoms with Crippen LogP contribution >= 0.6 is 15.9 Å². The normalized spacial score (nSPS) is 22.2. The number of piperidine rings is 1. The van der Waals surface area contributed by atoms with Gasteiger partial charge in [-0.2, -0.15) is 0 Å². The monoisotopic (exact) mass is 347 g/mol. The molecular weight excluding hydrogens is 329 g/mol. The zero-order valence-electron chi connectivity index (χ0n) is 12.1. The average molecular weight is 348 g/mol. The maximum absolute atomic E-state index is 13.4. The zero-order chi connectivity index (χ0) is 14.8. The summed E-state index contributed by atoms with van der Waals surface area (Å²) in [5.74, 6) is 0.745. The Bertz CT molecular complexity index is 624. The molecular formula is C18H19BrFN. The molecule has 1 aliphatic rings. The molecule has 2 atom stereocenters. The van der Waals surface area contributed by atoms with Crippen LogP contribution in [0.2, 0.25) is 0 Å². The standard InChI is InChI=1S/C18H19BrFN/c1-12-10-15(20)6-7-16(12)17-8-9-21-11-18(17)13-2-4-14(19)5-3-13/h2-7,10,17-18,21H,8-9,11H2,1H3. The number of nitrogens with one attached hydrogen (secondary N) is 1. The van der Waals surface area contributed by atoms with Gasteiger partial charge in [0.15, 0.2) is 0 Å². The van der Waals surface area contributed by atoms with Crippen LogP contribution in [-0.4, -0.2) is 13.1 Å². The SMILES string of the molecule is Cc1cc(F)ccc1C1CCNCC1c1ccc(Br)cc1. The van der Waals surface area contributed by atoms with E-state index in [1.165, 1.54) is 11.1 Å². The zero-order valence-corrected chi connectivity index (χ0v) is 13.7. The summed E-state index contributed by atoms with van der Waals surface area (Å²) in [7, 11) is 0. The first-order valence-corrected chi connectivity index (χ1v) is 8.16. The molecule has 0 spiro atoms. The van der Waals surface area contributed by atoms with Crippen LogP contribution in [0.1, 0.15) is 34.9 Å². The maximum atomic E-state index is 13.4. The second kappa shape index (κ2) is 6.29. The summed E-state index contributed by atoms with van der Waals surface area (Å²) >= 11 is 3.49. The van der Waals surface area contributed by atoms with Gasteiger partial charge in [0, 0.05) is 16.9 Å². The van der Waals surface area contributed by atoms with E-state index < -0.39 is 0 Å². The second-order valence-corrected chi connectivity index (χ2v) is 6.67. The molecule has 3 rings (SSSR count). The van der Waals surface area contributed by atoms with Crippen LogP contribution in [0.15, 0.2) is 46.9 Å². The maximum Gasteiger partial charge on any atom is 0.123 e. The fourth-order valence-electron chi connectivity index (χ4n) is 3.35. The van der Waals surface area contributed by atoms with Gasteiger partial charge in [-0.1, -0.05) is 34.1 Å². The highest BCUT2D eigenvalue weighted by Crippen LogP contribution is 2.39. The highest BCUT2D eigenvalue weighted by Gasteiger charge is 2.28. The summed E-state index contributed by atoms with van der Waals surface area (Å²) < 4.78 is 14.5. The fourth-order valence-corrected chi connectivity index (χ4v) is 3.61. The summed E-state index contributed by atoms with van der Waals surface area (Å²) in [4.78, 5) is 0. The van der Waals surface area contributed by atoms with Crippen LogP contribution in [0.3, 0.4) is 0 Å². The van der Waals surface area contributed by atoms with Gasteiger partial charge < -0.3 is 5.32 Å². The summed E-state index contributed by atoms with van der Waals surface area (Å²) in [5, 5.41) is 3.49. The average Bonchev–Trinajstić information content (AvgIpc) is 2.48. The van der Waals surface area contributed by atoms with Crippen molar-refractivity contribution in [2.75, 3.05) is 13.1 Å². The lowest BCUT2D eigenvalue weighted by molar-refractivity contribution is 0.402. The predicted molar refractivity (Wildman–Crippen MR) is 88.2 cm³/mol. The Morgan fingerprint density at radius 3 is 2.57 bits per heavy atom. The fraction of sp³-hybridized carbons (Fsp3) is 0.333. The number of benzene rings is 2. The van der Waals surface area contributed by atoms with E-state index in [0.717, 1.165) is 29.5 Å². The Morgan fingerprint density at radius 2 is 1.86 bits per heavy atom. The molecule has 2 unspecified atom stereocenters. The smallest absolute Gasteiger partial charge is 0.123 e. The molecule has 0 aliphatic carbocycles. The van der Waals surface area contributed by atoms with Crippen molar-refractivity contribution in [3.63, 3.8) is 0 Å². The minimum absolute atomic E-state index is 0.148. The van der Waals surface area contributed by atoms with Crippen molar-refractivity contribution in [2.45, 2.75) is 25.2 Å². The number of halogens is 2. The van der Waals surface area contributed by atoms with Crippen molar-refractivity contribution in [2.24, 2.45) is 0 Å². The molecule has 0 saturated carbocycles. The van der Waals surface area contributed by atoms with E-state index >= 15 is 0 Å². The highest BCUT2D eigenvalue weighted by atomic mass is 79.9. The van der Waals surface area contributed by atoms with E-state index in [-0.39, 0.29) is 5.82 Å². The largest absolute Gasteiger partial charge is 0.316 e. The molecule has 1 aliphatic heterocycles. The molecule has 2 aromatic rings. The third kappa shape index (κ3) is 3.19. The van der Waals surface area contributed by atoms with Crippen LogP contribution in [0.4, 0.5) is 4.39 Å². The summed E-state index contributed by atoms with van der Waals surface area (Å²) in [6.07, 6.45) is 1.09. The van der Waals surface area contributed by atoms with E-state index in [1.807, 2.05) is 13.0 Å². The van der Waals surface area contributed by atoms with E-state index in [9.17, 15) is 4.39 Å². The minimum atomic E-state index is -0.148. The van der Waals surface area contributed by atoms with Gasteiger partial charge in [0.05, 0.1) is 0 Å². The quantitative estimate of drug-likeness (QED) is 0.825. The molecule has 1 N–H and O–H groups in total. The molecule has 110 valence electrons. The number of aryl methyl sites for hydroxylation is 1. The first-order chi connectivity index (χ1) is 10.1. The van der Waals surface area contributed by atoms with E-state index in [1.54, 1.807) is 12.1 Å². The van der Waals surface area contributed by atoms with E-state index in [4.69, 9.17) is 0 Å². The predicted octanol–water partition coefficient (Wildman–Crippen LogP) is 4.76. The second-order valence-electron chi connectivity index (χ2n) is 5.76. The van der Waals surface area contributed by atoms with Crippen molar-refractivity contribution in [1.82, 2.24) is 5.32 Å². The van der Waals surface area contributed by atoms with Crippen LogP contribution < -0.4 is 5.32 Å². The third-order valence-corrected chi connectivity index (χ3v) is 4.94. The van der Waals surface area contributed by atoms with Crippen molar-refractivity contribution in [1.29, 1.82) is 0 Å². The van der Waals surface area contributed by atoms with Crippen LogP contribution in [0.25, 0.3) is 0 Å². The molecule has 1 fully saturated rings. The van der Waals surface area contributed by atoms with Crippen molar-refractivity contribution < 1.29 is 4.39 Å². The van der Waals surface area contributed by atoms with Crippen LogP contribution in [-0.2, 0) is 0 Å². The molecule has 0 amide bonds. The Morgan fingerprint density at radius 1 is 1.10 bits per heavy atom. The van der Waals surface area contributed by atoms with Crippen molar-refractivity contribution in [3.8, 4) is 0 Å². The first kappa shape index (κ1) is 14.7. The first-order valence-electron chi connectivity index (χ1n) is 7.37. The van der Waals surface area contributed by atoms with E-state index in [2.05, 4.69) is 45.5 Å². The van der Waals surface area contributed by atoms with Gasteiger partial charge in [0.2, 0.25) is 0 Å². The summed E-state index contributed by atoms with van der Waals surface area (Å²) in [5.41, 5.74) is 3.69. The Kier molecular flexibility index (Phi) is 4.41. The van der Waals surface area contributed by atoms with Gasteiger partial charge in [0.1, 0.15) is 5.82 Å². The topological polar surface area (TPSA) is 12.0 Å². The van der Waals surface area contributed by atoms with Crippen LogP contribution in [0, 0.1) is 12.7 Å². The third-order valence-electron chi connectivity index (χ3n) is 4.41. The lowest BCUT2D eigenvalue weighted by Crippen LogP contribution is -2.34. The highest BCUT2D eigenvalue weighted by molar-refractivity contribution is 9.10. The number of rotatable bonds is 2. The molecule has 0 bridgehead atoms. The summed E-state index contributed by atoms with van der Waals surface area (Å²) in [6.45, 7) is 4.01.